The number of amidine groups is 1. The van der Waals surface area contributed by atoms with Crippen molar-refractivity contribution in [3.8, 4) is 0 Å². The SMILES string of the molecule is CCC(CC)(CN=C1NC(C)CCS1)SC. The summed E-state index contributed by atoms with van der Waals surface area (Å²) in [6.07, 6.45) is 5.85. The van der Waals surface area contributed by atoms with Crippen LogP contribution in [-0.4, -0.2) is 34.5 Å². The number of hydrogen-bond donors (Lipinski definition) is 1. The molecule has 0 radical (unpaired) electrons. The second-order valence-electron chi connectivity index (χ2n) is 4.40. The van der Waals surface area contributed by atoms with Gasteiger partial charge in [-0.1, -0.05) is 25.6 Å². The molecule has 1 heterocycles. The Hall–Kier alpha value is 0.170. The summed E-state index contributed by atoms with van der Waals surface area (Å²) in [5.74, 6) is 1.21. The van der Waals surface area contributed by atoms with Gasteiger partial charge in [-0.05, 0) is 32.4 Å². The molecule has 0 aromatic rings. The van der Waals surface area contributed by atoms with E-state index >= 15 is 0 Å². The number of rotatable bonds is 5. The molecular weight excluding hydrogens is 236 g/mol. The molecular formula is C12H24N2S2. The number of hydrogen-bond acceptors (Lipinski definition) is 3. The van der Waals surface area contributed by atoms with E-state index in [1.165, 1.54) is 25.0 Å². The molecule has 1 aliphatic heterocycles. The van der Waals surface area contributed by atoms with Crippen molar-refractivity contribution in [2.75, 3.05) is 18.6 Å². The molecule has 0 aromatic carbocycles. The van der Waals surface area contributed by atoms with Crippen molar-refractivity contribution in [1.29, 1.82) is 0 Å². The maximum Gasteiger partial charge on any atom is 0.156 e. The van der Waals surface area contributed by atoms with Gasteiger partial charge in [-0.25, -0.2) is 0 Å². The van der Waals surface area contributed by atoms with Crippen LogP contribution in [0, 0.1) is 0 Å². The highest BCUT2D eigenvalue weighted by Crippen LogP contribution is 2.31. The summed E-state index contributed by atoms with van der Waals surface area (Å²) in [6, 6.07) is 0.590. The van der Waals surface area contributed by atoms with Gasteiger partial charge < -0.3 is 5.32 Å². The van der Waals surface area contributed by atoms with E-state index < -0.39 is 0 Å². The molecule has 0 spiro atoms. The molecule has 1 saturated heterocycles. The van der Waals surface area contributed by atoms with Crippen LogP contribution in [0.4, 0.5) is 0 Å². The number of nitrogens with one attached hydrogen (secondary N) is 1. The Balaban J connectivity index is 2.55. The van der Waals surface area contributed by atoms with Crippen molar-refractivity contribution in [2.45, 2.75) is 50.8 Å². The number of nitrogens with zero attached hydrogens (tertiary/aromatic N) is 1. The fraction of sp³-hybridized carbons (Fsp3) is 0.917. The lowest BCUT2D eigenvalue weighted by atomic mass is 10.0. The molecule has 0 aliphatic carbocycles. The standard InChI is InChI=1S/C12H24N2S2/c1-5-12(6-2,15-4)9-13-11-14-10(3)7-8-16-11/h10H,5-9H2,1-4H3,(H,13,14). The zero-order valence-electron chi connectivity index (χ0n) is 10.9. The van der Waals surface area contributed by atoms with Gasteiger partial charge in [0.25, 0.3) is 0 Å². The van der Waals surface area contributed by atoms with Crippen molar-refractivity contribution in [2.24, 2.45) is 4.99 Å². The number of aliphatic imine (C=N–C) groups is 1. The van der Waals surface area contributed by atoms with Crippen LogP contribution in [-0.2, 0) is 0 Å². The van der Waals surface area contributed by atoms with E-state index in [0.29, 0.717) is 10.8 Å². The Morgan fingerprint density at radius 2 is 2.19 bits per heavy atom. The molecule has 0 amide bonds. The summed E-state index contributed by atoms with van der Waals surface area (Å²) in [4.78, 5) is 4.77. The van der Waals surface area contributed by atoms with Crippen LogP contribution in [0.2, 0.25) is 0 Å². The molecule has 1 atom stereocenters. The number of thioether (sulfide) groups is 2. The normalized spacial score (nSPS) is 24.5. The van der Waals surface area contributed by atoms with Gasteiger partial charge in [-0.3, -0.25) is 4.99 Å². The van der Waals surface area contributed by atoms with Gasteiger partial charge in [-0.15, -0.1) is 0 Å². The summed E-state index contributed by atoms with van der Waals surface area (Å²) in [7, 11) is 0. The highest BCUT2D eigenvalue weighted by atomic mass is 32.2. The van der Waals surface area contributed by atoms with Gasteiger partial charge in [0.2, 0.25) is 0 Å². The van der Waals surface area contributed by atoms with Crippen LogP contribution in [0.15, 0.2) is 4.99 Å². The summed E-state index contributed by atoms with van der Waals surface area (Å²) in [5.41, 5.74) is 0. The molecule has 1 aliphatic rings. The van der Waals surface area contributed by atoms with Gasteiger partial charge >= 0.3 is 0 Å². The maximum atomic E-state index is 4.77. The molecule has 0 saturated carbocycles. The Kier molecular flexibility index (Phi) is 6.05. The van der Waals surface area contributed by atoms with E-state index in [1.54, 1.807) is 0 Å². The molecule has 0 aromatic heterocycles. The largest absolute Gasteiger partial charge is 0.362 e. The van der Waals surface area contributed by atoms with Gasteiger partial charge in [0.1, 0.15) is 0 Å². The van der Waals surface area contributed by atoms with Crippen molar-refractivity contribution in [3.63, 3.8) is 0 Å². The van der Waals surface area contributed by atoms with Crippen LogP contribution < -0.4 is 5.32 Å². The average Bonchev–Trinajstić information content (AvgIpc) is 2.32. The lowest BCUT2D eigenvalue weighted by Gasteiger charge is -2.29. The first-order valence-electron chi connectivity index (χ1n) is 6.14. The molecule has 1 N–H and O–H groups in total. The third-order valence-electron chi connectivity index (χ3n) is 3.39. The summed E-state index contributed by atoms with van der Waals surface area (Å²) < 4.78 is 0.343. The molecule has 16 heavy (non-hydrogen) atoms. The Morgan fingerprint density at radius 1 is 1.50 bits per heavy atom. The smallest absolute Gasteiger partial charge is 0.156 e. The van der Waals surface area contributed by atoms with Crippen molar-refractivity contribution < 1.29 is 0 Å². The Labute approximate surface area is 108 Å². The Morgan fingerprint density at radius 3 is 2.69 bits per heavy atom. The highest BCUT2D eigenvalue weighted by Gasteiger charge is 2.25. The zero-order valence-corrected chi connectivity index (χ0v) is 12.5. The maximum absolute atomic E-state index is 4.77. The monoisotopic (exact) mass is 260 g/mol. The first kappa shape index (κ1) is 14.2. The molecule has 1 unspecified atom stereocenters. The molecule has 0 bridgehead atoms. The van der Waals surface area contributed by atoms with Crippen LogP contribution in [0.3, 0.4) is 0 Å². The van der Waals surface area contributed by atoms with E-state index in [-0.39, 0.29) is 0 Å². The summed E-state index contributed by atoms with van der Waals surface area (Å²) in [6.45, 7) is 7.72. The van der Waals surface area contributed by atoms with Gasteiger partial charge in [0.05, 0.1) is 6.54 Å². The lowest BCUT2D eigenvalue weighted by Crippen LogP contribution is -2.37. The van der Waals surface area contributed by atoms with Crippen LogP contribution >= 0.6 is 23.5 Å². The first-order valence-corrected chi connectivity index (χ1v) is 8.35. The minimum atomic E-state index is 0.343. The molecule has 4 heteroatoms. The lowest BCUT2D eigenvalue weighted by molar-refractivity contribution is 0.558. The second-order valence-corrected chi connectivity index (χ2v) is 6.76. The minimum absolute atomic E-state index is 0.343. The van der Waals surface area contributed by atoms with E-state index in [0.717, 1.165) is 11.7 Å². The molecule has 2 nitrogen and oxygen atoms in total. The minimum Gasteiger partial charge on any atom is -0.362 e. The quantitative estimate of drug-likeness (QED) is 0.820. The first-order chi connectivity index (χ1) is 7.65. The Bertz CT molecular complexity index is 229. The highest BCUT2D eigenvalue weighted by molar-refractivity contribution is 8.13. The van der Waals surface area contributed by atoms with E-state index in [2.05, 4.69) is 32.3 Å². The third-order valence-corrected chi connectivity index (χ3v) is 5.92. The fourth-order valence-corrected chi connectivity index (χ4v) is 3.67. The van der Waals surface area contributed by atoms with E-state index in [9.17, 15) is 0 Å². The average molecular weight is 260 g/mol. The van der Waals surface area contributed by atoms with Crippen LogP contribution in [0.25, 0.3) is 0 Å². The van der Waals surface area contributed by atoms with Gasteiger partial charge in [0, 0.05) is 16.5 Å². The summed E-state index contributed by atoms with van der Waals surface area (Å²) in [5, 5.41) is 4.62. The third kappa shape index (κ3) is 3.88. The predicted octanol–water partition coefficient (Wildman–Crippen LogP) is 3.38. The van der Waals surface area contributed by atoms with Crippen LogP contribution in [0.5, 0.6) is 0 Å². The molecule has 94 valence electrons. The topological polar surface area (TPSA) is 24.4 Å². The van der Waals surface area contributed by atoms with Crippen molar-refractivity contribution in [1.82, 2.24) is 5.32 Å². The van der Waals surface area contributed by atoms with Crippen molar-refractivity contribution >= 4 is 28.7 Å². The zero-order chi connectivity index (χ0) is 12.0. The second kappa shape index (κ2) is 6.80. The van der Waals surface area contributed by atoms with Crippen LogP contribution in [0.1, 0.15) is 40.0 Å². The van der Waals surface area contributed by atoms with E-state index in [4.69, 9.17) is 4.99 Å². The fourth-order valence-electron chi connectivity index (χ4n) is 1.79. The predicted molar refractivity (Wildman–Crippen MR) is 78.8 cm³/mol. The molecule has 1 rings (SSSR count). The van der Waals surface area contributed by atoms with E-state index in [1.807, 2.05) is 23.5 Å². The van der Waals surface area contributed by atoms with Crippen molar-refractivity contribution in [3.05, 3.63) is 0 Å². The van der Waals surface area contributed by atoms with Gasteiger partial charge in [-0.2, -0.15) is 11.8 Å². The summed E-state index contributed by atoms with van der Waals surface area (Å²) >= 11 is 3.83. The molecule has 1 fully saturated rings. The van der Waals surface area contributed by atoms with Gasteiger partial charge in [0.15, 0.2) is 5.17 Å².